The third-order valence-corrected chi connectivity index (χ3v) is 8.33. The molecule has 0 radical (unpaired) electrons. The minimum absolute atomic E-state index is 0.133. The van der Waals surface area contributed by atoms with Crippen LogP contribution in [0.15, 0.2) is 11.6 Å². The summed E-state index contributed by atoms with van der Waals surface area (Å²) < 4.78 is 0. The number of hydrogen-bond donors (Lipinski definition) is 2. The number of carbonyl (C=O) groups is 1. The summed E-state index contributed by atoms with van der Waals surface area (Å²) >= 11 is 0. The maximum atomic E-state index is 12.1. The molecule has 2 heterocycles. The topological polar surface area (TPSA) is 76.0 Å². The van der Waals surface area contributed by atoms with E-state index in [2.05, 4.69) is 26.8 Å². The molecular weight excluding hydrogens is 320 g/mol. The van der Waals surface area contributed by atoms with Gasteiger partial charge in [-0.25, -0.2) is 9.78 Å². The minimum atomic E-state index is -1.14. The third-order valence-electron chi connectivity index (χ3n) is 8.33. The largest absolute Gasteiger partial charge is 0.481 e. The molecule has 0 aromatic rings. The van der Waals surface area contributed by atoms with E-state index in [0.717, 1.165) is 32.1 Å². The Bertz CT molecular complexity index is 630. The first kappa shape index (κ1) is 17.5. The Hall–Kier alpha value is -0.910. The molecule has 5 heteroatoms. The number of carboxylic acids is 1. The average molecular weight is 350 g/mol. The molecule has 5 nitrogen and oxygen atoms in total. The molecule has 2 N–H and O–H groups in total. The van der Waals surface area contributed by atoms with E-state index in [1.807, 2.05) is 0 Å². The Kier molecular flexibility index (Phi) is 3.56. The van der Waals surface area contributed by atoms with E-state index in [0.29, 0.717) is 12.3 Å². The SMILES string of the molecule is CC(C)C12C=C3CCC4C(C)(C(=O)O)C(O)CCC4(C)C3(CC1)OO2. The van der Waals surface area contributed by atoms with Crippen molar-refractivity contribution in [3.63, 3.8) is 0 Å². The number of aliphatic carboxylic acids is 1. The van der Waals surface area contributed by atoms with Gasteiger partial charge in [0.1, 0.15) is 11.2 Å². The second kappa shape index (κ2) is 5.08. The minimum Gasteiger partial charge on any atom is -0.481 e. The van der Waals surface area contributed by atoms with E-state index in [-0.39, 0.29) is 16.9 Å². The summed E-state index contributed by atoms with van der Waals surface area (Å²) in [6.07, 6.45) is 6.11. The van der Waals surface area contributed by atoms with Crippen molar-refractivity contribution in [3.8, 4) is 0 Å². The number of hydrogen-bond acceptors (Lipinski definition) is 4. The van der Waals surface area contributed by atoms with Gasteiger partial charge < -0.3 is 10.2 Å². The van der Waals surface area contributed by atoms with Crippen LogP contribution in [-0.4, -0.2) is 33.5 Å². The highest BCUT2D eigenvalue weighted by molar-refractivity contribution is 5.76. The highest BCUT2D eigenvalue weighted by Crippen LogP contribution is 2.68. The fraction of sp³-hybridized carbons (Fsp3) is 0.850. The van der Waals surface area contributed by atoms with Gasteiger partial charge in [0.2, 0.25) is 0 Å². The lowest BCUT2D eigenvalue weighted by Gasteiger charge is -2.66. The van der Waals surface area contributed by atoms with Crippen molar-refractivity contribution in [1.82, 2.24) is 0 Å². The van der Waals surface area contributed by atoms with Crippen molar-refractivity contribution in [2.45, 2.75) is 83.5 Å². The van der Waals surface area contributed by atoms with Crippen LogP contribution < -0.4 is 0 Å². The summed E-state index contributed by atoms with van der Waals surface area (Å²) in [5.41, 5.74) is -1.07. The summed E-state index contributed by atoms with van der Waals surface area (Å²) in [4.78, 5) is 24.3. The van der Waals surface area contributed by atoms with Gasteiger partial charge >= 0.3 is 5.97 Å². The number of aliphatic hydroxyl groups is 1. The van der Waals surface area contributed by atoms with E-state index in [1.165, 1.54) is 5.57 Å². The molecule has 6 atom stereocenters. The number of rotatable bonds is 2. The van der Waals surface area contributed by atoms with Crippen molar-refractivity contribution in [2.24, 2.45) is 22.7 Å². The van der Waals surface area contributed by atoms with Crippen LogP contribution >= 0.6 is 0 Å². The molecule has 1 saturated heterocycles. The second-order valence-corrected chi connectivity index (χ2v) is 9.42. The fourth-order valence-corrected chi connectivity index (χ4v) is 6.40. The van der Waals surface area contributed by atoms with Crippen LogP contribution in [0.25, 0.3) is 0 Å². The van der Waals surface area contributed by atoms with Crippen molar-refractivity contribution < 1.29 is 24.8 Å². The first-order valence-electron chi connectivity index (χ1n) is 9.63. The maximum Gasteiger partial charge on any atom is 0.312 e. The van der Waals surface area contributed by atoms with Crippen LogP contribution in [0.2, 0.25) is 0 Å². The Labute approximate surface area is 149 Å². The zero-order chi connectivity index (χ0) is 18.3. The van der Waals surface area contributed by atoms with Gasteiger partial charge in [0.15, 0.2) is 0 Å². The lowest BCUT2D eigenvalue weighted by Crippen LogP contribution is -2.70. The van der Waals surface area contributed by atoms with E-state index >= 15 is 0 Å². The number of carboxylic acid groups (broad SMARTS) is 1. The van der Waals surface area contributed by atoms with Crippen LogP contribution in [0.1, 0.15) is 66.2 Å². The molecule has 140 valence electrons. The van der Waals surface area contributed by atoms with E-state index in [9.17, 15) is 15.0 Å². The molecule has 5 rings (SSSR count). The lowest BCUT2D eigenvalue weighted by atomic mass is 9.42. The van der Waals surface area contributed by atoms with Crippen LogP contribution in [0.4, 0.5) is 0 Å². The number of aliphatic hydroxyl groups excluding tert-OH is 1. The summed E-state index contributed by atoms with van der Waals surface area (Å²) in [7, 11) is 0. The monoisotopic (exact) mass is 350 g/mol. The molecule has 0 aromatic carbocycles. The van der Waals surface area contributed by atoms with E-state index in [1.54, 1.807) is 6.92 Å². The van der Waals surface area contributed by atoms with E-state index < -0.39 is 23.1 Å². The zero-order valence-corrected chi connectivity index (χ0v) is 15.7. The van der Waals surface area contributed by atoms with Crippen LogP contribution in [-0.2, 0) is 14.6 Å². The van der Waals surface area contributed by atoms with E-state index in [4.69, 9.17) is 9.78 Å². The van der Waals surface area contributed by atoms with Gasteiger partial charge in [-0.15, -0.1) is 0 Å². The molecule has 2 bridgehead atoms. The maximum absolute atomic E-state index is 12.1. The molecule has 6 unspecified atom stereocenters. The van der Waals surface area contributed by atoms with Gasteiger partial charge in [-0.2, -0.15) is 0 Å². The van der Waals surface area contributed by atoms with Gasteiger partial charge in [0.25, 0.3) is 0 Å². The van der Waals surface area contributed by atoms with Crippen LogP contribution in [0, 0.1) is 22.7 Å². The summed E-state index contributed by atoms with van der Waals surface area (Å²) in [5, 5.41) is 20.5. The molecule has 25 heavy (non-hydrogen) atoms. The summed E-state index contributed by atoms with van der Waals surface area (Å²) in [6.45, 7) is 8.20. The molecule has 1 spiro atoms. The molecule has 0 amide bonds. The molecular formula is C20H30O5. The second-order valence-electron chi connectivity index (χ2n) is 9.42. The molecule has 2 saturated carbocycles. The first-order valence-corrected chi connectivity index (χ1v) is 9.63. The highest BCUT2D eigenvalue weighted by atomic mass is 17.2. The Morgan fingerprint density at radius 2 is 1.92 bits per heavy atom. The third kappa shape index (κ3) is 1.87. The molecule has 3 fully saturated rings. The van der Waals surface area contributed by atoms with Crippen molar-refractivity contribution in [3.05, 3.63) is 11.6 Å². The van der Waals surface area contributed by atoms with Gasteiger partial charge in [0, 0.05) is 5.41 Å². The van der Waals surface area contributed by atoms with Crippen molar-refractivity contribution in [1.29, 1.82) is 0 Å². The summed E-state index contributed by atoms with van der Waals surface area (Å²) in [5.74, 6) is -0.697. The predicted octanol–water partition coefficient (Wildman–Crippen LogP) is 3.46. The standard InChI is InChI=1S/C20H30O5/c1-12(2)19-9-10-20(25-24-19)13(11-19)5-6-14-17(20,3)8-7-15(21)18(14,4)16(22)23/h11-12,14-15,21H,5-10H2,1-4H3,(H,22,23). The normalized spacial score (nSPS) is 51.7. The summed E-state index contributed by atoms with van der Waals surface area (Å²) in [6, 6.07) is 0. The fourth-order valence-electron chi connectivity index (χ4n) is 6.40. The number of fused-ring (bicyclic) bond motifs is 3. The van der Waals surface area contributed by atoms with Gasteiger partial charge in [-0.1, -0.05) is 20.8 Å². The molecule has 3 aliphatic carbocycles. The zero-order valence-electron chi connectivity index (χ0n) is 15.7. The highest BCUT2D eigenvalue weighted by Gasteiger charge is 2.71. The smallest absolute Gasteiger partial charge is 0.312 e. The average Bonchev–Trinajstić information content (AvgIpc) is 2.58. The molecule has 0 aromatic heterocycles. The predicted molar refractivity (Wildman–Crippen MR) is 91.6 cm³/mol. The van der Waals surface area contributed by atoms with Gasteiger partial charge in [-0.3, -0.25) is 4.79 Å². The van der Waals surface area contributed by atoms with Crippen molar-refractivity contribution in [2.75, 3.05) is 0 Å². The quantitative estimate of drug-likeness (QED) is 0.589. The van der Waals surface area contributed by atoms with Gasteiger partial charge in [-0.05, 0) is 68.9 Å². The lowest BCUT2D eigenvalue weighted by molar-refractivity contribution is -0.466. The Morgan fingerprint density at radius 1 is 1.20 bits per heavy atom. The first-order chi connectivity index (χ1) is 11.6. The molecule has 2 aliphatic heterocycles. The van der Waals surface area contributed by atoms with Gasteiger partial charge in [0.05, 0.1) is 11.5 Å². The van der Waals surface area contributed by atoms with Crippen LogP contribution in [0.3, 0.4) is 0 Å². The Morgan fingerprint density at radius 3 is 2.48 bits per heavy atom. The molecule has 5 aliphatic rings. The Balaban J connectivity index is 1.82. The van der Waals surface area contributed by atoms with Crippen molar-refractivity contribution >= 4 is 5.97 Å². The van der Waals surface area contributed by atoms with Crippen LogP contribution in [0.5, 0.6) is 0 Å².